The molecular weight excluding hydrogens is 294 g/mol. The number of aromatic nitrogens is 1. The van der Waals surface area contributed by atoms with Crippen LogP contribution < -0.4 is 4.74 Å². The monoisotopic (exact) mass is 305 g/mol. The van der Waals surface area contributed by atoms with Crippen LogP contribution in [0.5, 0.6) is 5.75 Å². The van der Waals surface area contributed by atoms with Gasteiger partial charge in [0, 0.05) is 17.5 Å². The average Bonchev–Trinajstić information content (AvgIpc) is 2.59. The molecule has 0 aliphatic heterocycles. The lowest BCUT2D eigenvalue weighted by Gasteiger charge is -2.08. The van der Waals surface area contributed by atoms with Crippen LogP contribution >= 0.6 is 0 Å². The Kier molecular flexibility index (Phi) is 3.85. The molecule has 0 aliphatic rings. The number of para-hydroxylation sites is 1. The number of ether oxygens (including phenoxy) is 1. The normalized spacial score (nSPS) is 10.2. The quantitative estimate of drug-likeness (QED) is 0.542. The summed E-state index contributed by atoms with van der Waals surface area (Å²) >= 11 is 0. The van der Waals surface area contributed by atoms with Gasteiger partial charge in [-0.25, -0.2) is 4.98 Å². The van der Waals surface area contributed by atoms with Gasteiger partial charge in [-0.15, -0.1) is 0 Å². The van der Waals surface area contributed by atoms with Crippen molar-refractivity contribution in [1.29, 1.82) is 5.26 Å². The van der Waals surface area contributed by atoms with Gasteiger partial charge in [0.1, 0.15) is 24.0 Å². The number of nitrogens with zero attached hydrogens (tertiary/aromatic N) is 3. The number of nitriles is 1. The first kappa shape index (κ1) is 14.5. The number of benzene rings is 2. The SMILES string of the molecule is N#Cc1cc([N+](=O)[O-])ccc1OCc1ccc2ccccc2n1. The third kappa shape index (κ3) is 3.09. The molecule has 6 heteroatoms. The molecule has 0 radical (unpaired) electrons. The Bertz CT molecular complexity index is 932. The summed E-state index contributed by atoms with van der Waals surface area (Å²) in [7, 11) is 0. The van der Waals surface area contributed by atoms with E-state index in [0.29, 0.717) is 11.4 Å². The van der Waals surface area contributed by atoms with Gasteiger partial charge in [0.15, 0.2) is 0 Å². The van der Waals surface area contributed by atoms with E-state index in [-0.39, 0.29) is 17.9 Å². The van der Waals surface area contributed by atoms with E-state index in [1.54, 1.807) is 0 Å². The highest BCUT2D eigenvalue weighted by Gasteiger charge is 2.12. The first-order chi connectivity index (χ1) is 11.2. The lowest BCUT2D eigenvalue weighted by Crippen LogP contribution is -2.00. The largest absolute Gasteiger partial charge is 0.486 e. The molecule has 0 atom stereocenters. The van der Waals surface area contributed by atoms with Gasteiger partial charge < -0.3 is 4.74 Å². The first-order valence-electron chi connectivity index (χ1n) is 6.83. The fourth-order valence-electron chi connectivity index (χ4n) is 2.19. The highest BCUT2D eigenvalue weighted by Crippen LogP contribution is 2.24. The molecule has 0 bridgehead atoms. The molecule has 3 aromatic rings. The number of nitro groups is 1. The maximum Gasteiger partial charge on any atom is 0.271 e. The van der Waals surface area contributed by atoms with Gasteiger partial charge in [-0.1, -0.05) is 24.3 Å². The van der Waals surface area contributed by atoms with Crippen molar-refractivity contribution in [3.63, 3.8) is 0 Å². The predicted octanol–water partition coefficient (Wildman–Crippen LogP) is 3.59. The molecule has 6 nitrogen and oxygen atoms in total. The number of nitro benzene ring substituents is 1. The van der Waals surface area contributed by atoms with E-state index < -0.39 is 4.92 Å². The molecule has 112 valence electrons. The zero-order valence-corrected chi connectivity index (χ0v) is 12.0. The summed E-state index contributed by atoms with van der Waals surface area (Å²) in [6.07, 6.45) is 0. The molecular formula is C17H11N3O3. The summed E-state index contributed by atoms with van der Waals surface area (Å²) in [6, 6.07) is 17.4. The highest BCUT2D eigenvalue weighted by atomic mass is 16.6. The highest BCUT2D eigenvalue weighted by molar-refractivity contribution is 5.78. The molecule has 0 saturated heterocycles. The minimum atomic E-state index is -0.546. The van der Waals surface area contributed by atoms with Gasteiger partial charge in [-0.3, -0.25) is 10.1 Å². The Morgan fingerprint density at radius 2 is 2.00 bits per heavy atom. The minimum absolute atomic E-state index is 0.125. The van der Waals surface area contributed by atoms with Crippen LogP contribution in [0.1, 0.15) is 11.3 Å². The zero-order chi connectivity index (χ0) is 16.2. The number of rotatable bonds is 4. The van der Waals surface area contributed by atoms with Crippen molar-refractivity contribution in [2.45, 2.75) is 6.61 Å². The van der Waals surface area contributed by atoms with Crippen LogP contribution in [-0.4, -0.2) is 9.91 Å². The standard InChI is InChI=1S/C17H11N3O3/c18-10-13-9-15(20(21)22)7-8-17(13)23-11-14-6-5-12-3-1-2-4-16(12)19-14/h1-9H,11H2. The summed E-state index contributed by atoms with van der Waals surface area (Å²) in [5, 5.41) is 20.9. The second-order valence-corrected chi connectivity index (χ2v) is 4.83. The van der Waals surface area contributed by atoms with E-state index in [2.05, 4.69) is 4.98 Å². The fraction of sp³-hybridized carbons (Fsp3) is 0.0588. The van der Waals surface area contributed by atoms with Gasteiger partial charge in [0.25, 0.3) is 5.69 Å². The maximum absolute atomic E-state index is 10.7. The third-order valence-electron chi connectivity index (χ3n) is 3.33. The Morgan fingerprint density at radius 1 is 1.17 bits per heavy atom. The second-order valence-electron chi connectivity index (χ2n) is 4.83. The van der Waals surface area contributed by atoms with Crippen LogP contribution in [0.25, 0.3) is 10.9 Å². The van der Waals surface area contributed by atoms with Crippen LogP contribution in [0.2, 0.25) is 0 Å². The average molecular weight is 305 g/mol. The molecule has 0 aliphatic carbocycles. The van der Waals surface area contributed by atoms with Crippen molar-refractivity contribution in [1.82, 2.24) is 4.98 Å². The van der Waals surface area contributed by atoms with Crippen LogP contribution in [0.3, 0.4) is 0 Å². The van der Waals surface area contributed by atoms with Crippen LogP contribution in [-0.2, 0) is 6.61 Å². The maximum atomic E-state index is 10.7. The van der Waals surface area contributed by atoms with Crippen molar-refractivity contribution in [3.8, 4) is 11.8 Å². The molecule has 23 heavy (non-hydrogen) atoms. The van der Waals surface area contributed by atoms with Crippen molar-refractivity contribution in [2.24, 2.45) is 0 Å². The Morgan fingerprint density at radius 3 is 2.78 bits per heavy atom. The molecule has 0 saturated carbocycles. The van der Waals surface area contributed by atoms with E-state index in [1.165, 1.54) is 18.2 Å². The van der Waals surface area contributed by atoms with Crippen LogP contribution in [0.15, 0.2) is 54.6 Å². The number of non-ortho nitro benzene ring substituents is 1. The van der Waals surface area contributed by atoms with Gasteiger partial charge in [-0.05, 0) is 18.2 Å². The van der Waals surface area contributed by atoms with E-state index in [4.69, 9.17) is 10.00 Å². The predicted molar refractivity (Wildman–Crippen MR) is 83.9 cm³/mol. The van der Waals surface area contributed by atoms with Crippen LogP contribution in [0.4, 0.5) is 5.69 Å². The molecule has 1 aromatic heterocycles. The molecule has 0 amide bonds. The number of fused-ring (bicyclic) bond motifs is 1. The molecule has 3 rings (SSSR count). The second kappa shape index (κ2) is 6.12. The molecule has 2 aromatic carbocycles. The molecule has 0 spiro atoms. The van der Waals surface area contributed by atoms with Gasteiger partial charge >= 0.3 is 0 Å². The van der Waals surface area contributed by atoms with Gasteiger partial charge in [0.2, 0.25) is 0 Å². The smallest absolute Gasteiger partial charge is 0.271 e. The molecule has 0 N–H and O–H groups in total. The molecule has 1 heterocycles. The van der Waals surface area contributed by atoms with Gasteiger partial charge in [-0.2, -0.15) is 5.26 Å². The fourth-order valence-corrected chi connectivity index (χ4v) is 2.19. The first-order valence-corrected chi connectivity index (χ1v) is 6.83. The van der Waals surface area contributed by atoms with Crippen LogP contribution in [0, 0.1) is 21.4 Å². The molecule has 0 unspecified atom stereocenters. The summed E-state index contributed by atoms with van der Waals surface area (Å²) in [5.41, 5.74) is 1.56. The number of hydrogen-bond donors (Lipinski definition) is 0. The summed E-state index contributed by atoms with van der Waals surface area (Å²) in [4.78, 5) is 14.7. The summed E-state index contributed by atoms with van der Waals surface area (Å²) in [6.45, 7) is 0.178. The summed E-state index contributed by atoms with van der Waals surface area (Å²) < 4.78 is 5.59. The lowest BCUT2D eigenvalue weighted by molar-refractivity contribution is -0.384. The Balaban J connectivity index is 1.82. The van der Waals surface area contributed by atoms with Crippen molar-refractivity contribution in [2.75, 3.05) is 0 Å². The van der Waals surface area contributed by atoms with E-state index in [1.807, 2.05) is 42.5 Å². The van der Waals surface area contributed by atoms with Gasteiger partial charge in [0.05, 0.1) is 16.1 Å². The van der Waals surface area contributed by atoms with Crippen molar-refractivity contribution in [3.05, 3.63) is 76.0 Å². The minimum Gasteiger partial charge on any atom is -0.486 e. The van der Waals surface area contributed by atoms with E-state index in [0.717, 1.165) is 10.9 Å². The summed E-state index contributed by atoms with van der Waals surface area (Å²) in [5.74, 6) is 0.299. The topological polar surface area (TPSA) is 89.0 Å². The van der Waals surface area contributed by atoms with Crippen molar-refractivity contribution < 1.29 is 9.66 Å². The lowest BCUT2D eigenvalue weighted by atomic mass is 10.2. The Labute approximate surface area is 131 Å². The Hall–Kier alpha value is -3.46. The number of pyridine rings is 1. The van der Waals surface area contributed by atoms with E-state index >= 15 is 0 Å². The van der Waals surface area contributed by atoms with E-state index in [9.17, 15) is 10.1 Å². The number of hydrogen-bond acceptors (Lipinski definition) is 5. The zero-order valence-electron chi connectivity index (χ0n) is 12.0. The van der Waals surface area contributed by atoms with Crippen molar-refractivity contribution >= 4 is 16.6 Å². The molecule has 0 fully saturated rings. The third-order valence-corrected chi connectivity index (χ3v) is 3.33.